The van der Waals surface area contributed by atoms with E-state index in [-0.39, 0.29) is 0 Å². The normalized spacial score (nSPS) is 17.4. The van der Waals surface area contributed by atoms with E-state index in [1.165, 1.54) is 6.42 Å². The molecule has 22 heavy (non-hydrogen) atoms. The van der Waals surface area contributed by atoms with Gasteiger partial charge in [0, 0.05) is 18.2 Å². The highest BCUT2D eigenvalue weighted by Crippen LogP contribution is 2.21. The fourth-order valence-corrected chi connectivity index (χ4v) is 2.36. The standard InChI is InChI=1S/C16H20N2O4/c1-19-13-5-2-6-14(8-13)20-11-15-9-16(18-22-15)21-10-12-4-3-7-17-12/h2,5-6,8-9,12,17H,3-4,7,10-11H2,1H3/t12-/m0/s1. The number of methoxy groups -OCH3 is 1. The number of hydrogen-bond donors (Lipinski definition) is 1. The Hall–Kier alpha value is -2.21. The van der Waals surface area contributed by atoms with E-state index in [1.807, 2.05) is 24.3 Å². The number of aromatic nitrogens is 1. The molecular weight excluding hydrogens is 284 g/mol. The van der Waals surface area contributed by atoms with Gasteiger partial charge in [0.05, 0.1) is 7.11 Å². The van der Waals surface area contributed by atoms with Gasteiger partial charge in [0.2, 0.25) is 0 Å². The molecule has 2 aromatic rings. The van der Waals surface area contributed by atoms with Gasteiger partial charge in [-0.15, -0.1) is 0 Å². The van der Waals surface area contributed by atoms with Crippen molar-refractivity contribution in [3.8, 4) is 17.4 Å². The van der Waals surface area contributed by atoms with Crippen LogP contribution in [0.1, 0.15) is 18.6 Å². The van der Waals surface area contributed by atoms with E-state index in [4.69, 9.17) is 18.7 Å². The molecule has 3 rings (SSSR count). The molecule has 2 heterocycles. The second kappa shape index (κ2) is 7.17. The molecule has 0 aliphatic carbocycles. The van der Waals surface area contributed by atoms with Crippen molar-refractivity contribution in [2.75, 3.05) is 20.3 Å². The quantitative estimate of drug-likeness (QED) is 0.847. The maximum atomic E-state index is 5.64. The van der Waals surface area contributed by atoms with E-state index < -0.39 is 0 Å². The number of hydrogen-bond acceptors (Lipinski definition) is 6. The highest BCUT2D eigenvalue weighted by Gasteiger charge is 2.15. The molecule has 118 valence electrons. The van der Waals surface area contributed by atoms with Crippen molar-refractivity contribution in [1.29, 1.82) is 0 Å². The van der Waals surface area contributed by atoms with Crippen LogP contribution in [0.2, 0.25) is 0 Å². The largest absolute Gasteiger partial charge is 0.497 e. The summed E-state index contributed by atoms with van der Waals surface area (Å²) in [5.41, 5.74) is 0. The third-order valence-electron chi connectivity index (χ3n) is 3.55. The molecule has 1 saturated heterocycles. The minimum atomic E-state index is 0.297. The van der Waals surface area contributed by atoms with Gasteiger partial charge in [-0.2, -0.15) is 0 Å². The SMILES string of the molecule is COc1cccc(OCc2cc(OC[C@@H]3CCCN3)no2)c1. The Labute approximate surface area is 129 Å². The molecule has 1 aromatic heterocycles. The van der Waals surface area contributed by atoms with Gasteiger partial charge >= 0.3 is 0 Å². The van der Waals surface area contributed by atoms with E-state index in [0.29, 0.717) is 36.6 Å². The molecule has 0 amide bonds. The summed E-state index contributed by atoms with van der Waals surface area (Å²) in [6.45, 7) is 1.97. The van der Waals surface area contributed by atoms with E-state index in [2.05, 4.69) is 10.5 Å². The van der Waals surface area contributed by atoms with Crippen molar-refractivity contribution in [3.05, 3.63) is 36.1 Å². The molecule has 1 aromatic carbocycles. The summed E-state index contributed by atoms with van der Waals surface area (Å²) in [7, 11) is 1.62. The first-order valence-corrected chi connectivity index (χ1v) is 7.42. The summed E-state index contributed by atoms with van der Waals surface area (Å²) >= 11 is 0. The van der Waals surface area contributed by atoms with Crippen molar-refractivity contribution >= 4 is 0 Å². The summed E-state index contributed by atoms with van der Waals surface area (Å²) in [5.74, 6) is 2.59. The average molecular weight is 304 g/mol. The summed E-state index contributed by atoms with van der Waals surface area (Å²) in [6.07, 6.45) is 2.34. The molecule has 6 nitrogen and oxygen atoms in total. The van der Waals surface area contributed by atoms with Crippen LogP contribution in [0, 0.1) is 0 Å². The first-order valence-electron chi connectivity index (χ1n) is 7.42. The Morgan fingerprint density at radius 2 is 2.18 bits per heavy atom. The molecule has 1 aliphatic heterocycles. The van der Waals surface area contributed by atoms with Crippen LogP contribution in [0.15, 0.2) is 34.9 Å². The lowest BCUT2D eigenvalue weighted by Gasteiger charge is -2.08. The fourth-order valence-electron chi connectivity index (χ4n) is 2.36. The Balaban J connectivity index is 1.48. The molecular formula is C16H20N2O4. The summed E-state index contributed by atoms with van der Waals surface area (Å²) in [4.78, 5) is 0. The molecule has 0 spiro atoms. The zero-order valence-electron chi connectivity index (χ0n) is 12.6. The minimum Gasteiger partial charge on any atom is -0.497 e. The van der Waals surface area contributed by atoms with Gasteiger partial charge in [0.25, 0.3) is 5.88 Å². The number of rotatable bonds is 7. The van der Waals surface area contributed by atoms with Crippen molar-refractivity contribution in [1.82, 2.24) is 10.5 Å². The monoisotopic (exact) mass is 304 g/mol. The molecule has 1 fully saturated rings. The van der Waals surface area contributed by atoms with Gasteiger partial charge < -0.3 is 24.1 Å². The van der Waals surface area contributed by atoms with Gasteiger partial charge in [0.1, 0.15) is 24.7 Å². The van der Waals surface area contributed by atoms with Crippen LogP contribution in [0.3, 0.4) is 0 Å². The predicted molar refractivity (Wildman–Crippen MR) is 80.3 cm³/mol. The van der Waals surface area contributed by atoms with E-state index in [0.717, 1.165) is 18.7 Å². The summed E-state index contributed by atoms with van der Waals surface area (Å²) < 4.78 is 21.6. The van der Waals surface area contributed by atoms with Crippen molar-refractivity contribution in [2.45, 2.75) is 25.5 Å². The van der Waals surface area contributed by atoms with E-state index in [1.54, 1.807) is 13.2 Å². The molecule has 1 atom stereocenters. The number of nitrogens with one attached hydrogen (secondary N) is 1. The van der Waals surface area contributed by atoms with Crippen LogP contribution in [-0.4, -0.2) is 31.5 Å². The lowest BCUT2D eigenvalue weighted by Crippen LogP contribution is -2.28. The summed E-state index contributed by atoms with van der Waals surface area (Å²) in [6, 6.07) is 9.59. The van der Waals surface area contributed by atoms with Crippen LogP contribution >= 0.6 is 0 Å². The first-order chi connectivity index (χ1) is 10.8. The Bertz CT molecular complexity index is 593. The summed E-state index contributed by atoms with van der Waals surface area (Å²) in [5, 5.41) is 7.26. The molecule has 0 bridgehead atoms. The smallest absolute Gasteiger partial charge is 0.254 e. The molecule has 6 heteroatoms. The van der Waals surface area contributed by atoms with Gasteiger partial charge in [-0.1, -0.05) is 6.07 Å². The topological polar surface area (TPSA) is 65.8 Å². The maximum Gasteiger partial charge on any atom is 0.254 e. The van der Waals surface area contributed by atoms with Gasteiger partial charge in [-0.3, -0.25) is 0 Å². The lowest BCUT2D eigenvalue weighted by atomic mass is 10.2. The van der Waals surface area contributed by atoms with E-state index >= 15 is 0 Å². The number of benzene rings is 1. The van der Waals surface area contributed by atoms with Crippen molar-refractivity contribution < 1.29 is 18.7 Å². The molecule has 1 aliphatic rings. The van der Waals surface area contributed by atoms with E-state index in [9.17, 15) is 0 Å². The molecule has 0 radical (unpaired) electrons. The average Bonchev–Trinajstić information content (AvgIpc) is 3.22. The van der Waals surface area contributed by atoms with Gasteiger partial charge in [-0.25, -0.2) is 0 Å². The van der Waals surface area contributed by atoms with Crippen LogP contribution in [0.4, 0.5) is 0 Å². The Morgan fingerprint density at radius 1 is 1.27 bits per heavy atom. The predicted octanol–water partition coefficient (Wildman–Crippen LogP) is 2.39. The Kier molecular flexibility index (Phi) is 4.80. The molecule has 0 saturated carbocycles. The second-order valence-electron chi connectivity index (χ2n) is 5.20. The molecule has 1 N–H and O–H groups in total. The second-order valence-corrected chi connectivity index (χ2v) is 5.20. The molecule has 0 unspecified atom stereocenters. The van der Waals surface area contributed by atoms with Crippen LogP contribution in [0.25, 0.3) is 0 Å². The fraction of sp³-hybridized carbons (Fsp3) is 0.438. The van der Waals surface area contributed by atoms with Gasteiger partial charge in [0.15, 0.2) is 5.76 Å². The van der Waals surface area contributed by atoms with Crippen molar-refractivity contribution in [3.63, 3.8) is 0 Å². The highest BCUT2D eigenvalue weighted by molar-refractivity contribution is 5.32. The Morgan fingerprint density at radius 3 is 3.00 bits per heavy atom. The third kappa shape index (κ3) is 3.92. The lowest BCUT2D eigenvalue weighted by molar-refractivity contribution is 0.230. The van der Waals surface area contributed by atoms with Crippen LogP contribution in [-0.2, 0) is 6.61 Å². The third-order valence-corrected chi connectivity index (χ3v) is 3.55. The highest BCUT2D eigenvalue weighted by atomic mass is 16.5. The van der Waals surface area contributed by atoms with Crippen molar-refractivity contribution in [2.24, 2.45) is 0 Å². The van der Waals surface area contributed by atoms with Crippen LogP contribution in [0.5, 0.6) is 17.4 Å². The number of ether oxygens (including phenoxy) is 3. The van der Waals surface area contributed by atoms with Gasteiger partial charge in [-0.05, 0) is 36.7 Å². The number of nitrogens with zero attached hydrogens (tertiary/aromatic N) is 1. The van der Waals surface area contributed by atoms with Crippen LogP contribution < -0.4 is 19.5 Å². The maximum absolute atomic E-state index is 5.64. The first kappa shape index (κ1) is 14.7. The minimum absolute atomic E-state index is 0.297. The zero-order chi connectivity index (χ0) is 15.2. The zero-order valence-corrected chi connectivity index (χ0v) is 12.6.